The summed E-state index contributed by atoms with van der Waals surface area (Å²) in [5.41, 5.74) is 0. The number of hydrogen-bond acceptors (Lipinski definition) is 4. The lowest BCUT2D eigenvalue weighted by Crippen LogP contribution is -2.26. The van der Waals surface area contributed by atoms with Gasteiger partial charge in [-0.1, -0.05) is 27.7 Å². The zero-order chi connectivity index (χ0) is 14.1. The molecule has 0 aliphatic heterocycles. The first kappa shape index (κ1) is 16.2. The van der Waals surface area contributed by atoms with Crippen LogP contribution in [0.5, 0.6) is 0 Å². The average molecular weight is 268 g/mol. The molecule has 0 unspecified atom stereocenters. The first-order valence-corrected chi connectivity index (χ1v) is 7.26. The number of nitrogens with one attached hydrogen (secondary N) is 1. The minimum Gasteiger partial charge on any atom is -0.462 e. The molecule has 1 aromatic rings. The van der Waals surface area contributed by atoms with Crippen molar-refractivity contribution >= 4 is 0 Å². The van der Waals surface area contributed by atoms with Gasteiger partial charge < -0.3 is 19.4 Å². The summed E-state index contributed by atoms with van der Waals surface area (Å²) in [5, 5.41) is 3.33. The molecule has 19 heavy (non-hydrogen) atoms. The highest BCUT2D eigenvalue weighted by Gasteiger charge is 2.04. The van der Waals surface area contributed by atoms with Crippen LogP contribution in [0.3, 0.4) is 0 Å². The first-order chi connectivity index (χ1) is 9.15. The third kappa shape index (κ3) is 6.76. The van der Waals surface area contributed by atoms with E-state index >= 15 is 0 Å². The van der Waals surface area contributed by atoms with Crippen LogP contribution in [0.25, 0.3) is 0 Å². The topological polar surface area (TPSA) is 37.6 Å². The lowest BCUT2D eigenvalue weighted by atomic mass is 10.3. The lowest BCUT2D eigenvalue weighted by Gasteiger charge is -2.17. The number of furan rings is 1. The van der Waals surface area contributed by atoms with Crippen molar-refractivity contribution in [2.75, 3.05) is 26.2 Å². The van der Waals surface area contributed by atoms with E-state index in [4.69, 9.17) is 9.15 Å². The van der Waals surface area contributed by atoms with Crippen molar-refractivity contribution < 1.29 is 9.15 Å². The lowest BCUT2D eigenvalue weighted by molar-refractivity contribution is 0.0836. The largest absolute Gasteiger partial charge is 0.462 e. The third-order valence-electron chi connectivity index (χ3n) is 3.09. The number of nitrogens with zero attached hydrogens (tertiary/aromatic N) is 1. The molecule has 0 bridgehead atoms. The van der Waals surface area contributed by atoms with Gasteiger partial charge in [-0.25, -0.2) is 0 Å². The van der Waals surface area contributed by atoms with Crippen LogP contribution in [-0.4, -0.2) is 37.2 Å². The molecule has 1 N–H and O–H groups in total. The molecule has 1 heterocycles. The van der Waals surface area contributed by atoms with Crippen LogP contribution < -0.4 is 5.32 Å². The van der Waals surface area contributed by atoms with Crippen LogP contribution in [0.4, 0.5) is 0 Å². The molecule has 0 spiro atoms. The van der Waals surface area contributed by atoms with Crippen LogP contribution >= 0.6 is 0 Å². The van der Waals surface area contributed by atoms with Gasteiger partial charge in [0.25, 0.3) is 0 Å². The molecular weight excluding hydrogens is 240 g/mol. The van der Waals surface area contributed by atoms with Crippen molar-refractivity contribution in [2.24, 2.45) is 0 Å². The number of rotatable bonds is 10. The molecule has 1 rings (SSSR count). The zero-order valence-corrected chi connectivity index (χ0v) is 12.7. The molecule has 4 heteroatoms. The Hall–Kier alpha value is -0.840. The number of ether oxygens (including phenoxy) is 1. The Balaban J connectivity index is 2.19. The van der Waals surface area contributed by atoms with Gasteiger partial charge >= 0.3 is 0 Å². The zero-order valence-electron chi connectivity index (χ0n) is 12.7. The molecule has 0 aliphatic rings. The van der Waals surface area contributed by atoms with Gasteiger partial charge in [-0.2, -0.15) is 0 Å². The van der Waals surface area contributed by atoms with Crippen LogP contribution in [-0.2, 0) is 17.9 Å². The summed E-state index contributed by atoms with van der Waals surface area (Å²) < 4.78 is 11.3. The van der Waals surface area contributed by atoms with Crippen LogP contribution in [0, 0.1) is 0 Å². The van der Waals surface area contributed by atoms with E-state index in [1.807, 2.05) is 12.1 Å². The summed E-state index contributed by atoms with van der Waals surface area (Å²) in [4.78, 5) is 2.35. The van der Waals surface area contributed by atoms with Gasteiger partial charge in [0.1, 0.15) is 18.1 Å². The monoisotopic (exact) mass is 268 g/mol. The van der Waals surface area contributed by atoms with Gasteiger partial charge in [-0.15, -0.1) is 0 Å². The Kier molecular flexibility index (Phi) is 7.79. The minimum absolute atomic E-state index is 0.471. The number of hydrogen-bond donors (Lipinski definition) is 1. The first-order valence-electron chi connectivity index (χ1n) is 7.26. The van der Waals surface area contributed by atoms with Gasteiger partial charge in [0, 0.05) is 12.6 Å². The van der Waals surface area contributed by atoms with Crippen molar-refractivity contribution in [2.45, 2.75) is 46.9 Å². The summed E-state index contributed by atoms with van der Waals surface area (Å²) in [5.74, 6) is 1.87. The maximum absolute atomic E-state index is 5.69. The second-order valence-corrected chi connectivity index (χ2v) is 4.98. The predicted octanol–water partition coefficient (Wildman–Crippen LogP) is 2.64. The summed E-state index contributed by atoms with van der Waals surface area (Å²) in [6.45, 7) is 13.8. The van der Waals surface area contributed by atoms with E-state index in [2.05, 4.69) is 37.9 Å². The Labute approximate surface area is 117 Å². The average Bonchev–Trinajstić information content (AvgIpc) is 2.84. The smallest absolute Gasteiger partial charge is 0.129 e. The highest BCUT2D eigenvalue weighted by atomic mass is 16.5. The third-order valence-corrected chi connectivity index (χ3v) is 3.09. The Morgan fingerprint density at radius 1 is 1.21 bits per heavy atom. The van der Waals surface area contributed by atoms with E-state index in [0.29, 0.717) is 12.6 Å². The van der Waals surface area contributed by atoms with Gasteiger partial charge in [0.2, 0.25) is 0 Å². The van der Waals surface area contributed by atoms with E-state index in [1.54, 1.807) is 0 Å². The van der Waals surface area contributed by atoms with Crippen molar-refractivity contribution in [3.8, 4) is 0 Å². The van der Waals surface area contributed by atoms with E-state index in [9.17, 15) is 0 Å². The maximum Gasteiger partial charge on any atom is 0.129 e. The van der Waals surface area contributed by atoms with Crippen molar-refractivity contribution in [3.63, 3.8) is 0 Å². The summed E-state index contributed by atoms with van der Waals surface area (Å²) in [6.07, 6.45) is 0. The molecule has 0 radical (unpaired) electrons. The molecule has 110 valence electrons. The fourth-order valence-electron chi connectivity index (χ4n) is 1.81. The van der Waals surface area contributed by atoms with Crippen LogP contribution in [0.15, 0.2) is 16.5 Å². The quantitative estimate of drug-likeness (QED) is 0.662. The minimum atomic E-state index is 0.471. The van der Waals surface area contributed by atoms with E-state index < -0.39 is 0 Å². The molecule has 0 aliphatic carbocycles. The second-order valence-electron chi connectivity index (χ2n) is 4.98. The molecule has 0 amide bonds. The fraction of sp³-hybridized carbons (Fsp3) is 0.733. The van der Waals surface area contributed by atoms with Crippen LogP contribution in [0.1, 0.15) is 39.2 Å². The Morgan fingerprint density at radius 2 is 1.89 bits per heavy atom. The SMILES string of the molecule is CCN(CC)CCOCc1ccc(CNC(C)C)o1. The molecule has 0 atom stereocenters. The molecule has 0 saturated heterocycles. The van der Waals surface area contributed by atoms with Gasteiger partial charge in [-0.3, -0.25) is 0 Å². The fourth-order valence-corrected chi connectivity index (χ4v) is 1.81. The van der Waals surface area contributed by atoms with E-state index in [-0.39, 0.29) is 0 Å². The molecule has 0 aromatic carbocycles. The van der Waals surface area contributed by atoms with Crippen molar-refractivity contribution in [3.05, 3.63) is 23.7 Å². The molecule has 4 nitrogen and oxygen atoms in total. The highest BCUT2D eigenvalue weighted by Crippen LogP contribution is 2.09. The Bertz CT molecular complexity index is 333. The van der Waals surface area contributed by atoms with Gasteiger partial charge in [0.15, 0.2) is 0 Å². The van der Waals surface area contributed by atoms with Crippen LogP contribution in [0.2, 0.25) is 0 Å². The van der Waals surface area contributed by atoms with E-state index in [1.165, 1.54) is 0 Å². The predicted molar refractivity (Wildman–Crippen MR) is 78.1 cm³/mol. The molecule has 0 saturated carbocycles. The normalized spacial score (nSPS) is 11.7. The summed E-state index contributed by atoms with van der Waals surface area (Å²) >= 11 is 0. The van der Waals surface area contributed by atoms with E-state index in [0.717, 1.165) is 44.3 Å². The number of likely N-dealkylation sites (N-methyl/N-ethyl adjacent to an activating group) is 1. The van der Waals surface area contributed by atoms with Crippen molar-refractivity contribution in [1.29, 1.82) is 0 Å². The highest BCUT2D eigenvalue weighted by molar-refractivity contribution is 5.06. The molecule has 1 aromatic heterocycles. The van der Waals surface area contributed by atoms with Gasteiger partial charge in [-0.05, 0) is 25.2 Å². The molecular formula is C15H28N2O2. The second kappa shape index (κ2) is 9.13. The van der Waals surface area contributed by atoms with Crippen molar-refractivity contribution in [1.82, 2.24) is 10.2 Å². The van der Waals surface area contributed by atoms with Gasteiger partial charge in [0.05, 0.1) is 13.2 Å². The molecule has 0 fully saturated rings. The Morgan fingerprint density at radius 3 is 2.53 bits per heavy atom. The maximum atomic E-state index is 5.69. The standard InChI is InChI=1S/C15H28N2O2/c1-5-17(6-2)9-10-18-12-15-8-7-14(19-15)11-16-13(3)4/h7-8,13,16H,5-6,9-12H2,1-4H3. The summed E-state index contributed by atoms with van der Waals surface area (Å²) in [6, 6.07) is 4.48. The summed E-state index contributed by atoms with van der Waals surface area (Å²) in [7, 11) is 0.